The molecule has 8 nitrogen and oxygen atoms in total. The summed E-state index contributed by atoms with van der Waals surface area (Å²) in [7, 11) is 2.17. The predicted molar refractivity (Wildman–Crippen MR) is 149 cm³/mol. The molecule has 0 radical (unpaired) electrons. The number of aromatic nitrogens is 3. The number of furan rings is 1. The van der Waals surface area contributed by atoms with Gasteiger partial charge in [-0.2, -0.15) is 0 Å². The standard InChI is InChI=1S/C28H34ClN7O/c1-19-3-8-23(37-19)18-35-13-15-36(16-14-35)22-6-4-20(5-7-22)27-32-26-25(24(29)17-30-28(26)33-27)31-21-9-11-34(2)12-10-21/h3-8,17,21H,9-16,18H2,1-2H3,(H2,30,31,32,33). The van der Waals surface area contributed by atoms with Crippen LogP contribution in [0.2, 0.25) is 5.02 Å². The summed E-state index contributed by atoms with van der Waals surface area (Å²) in [5.74, 6) is 2.82. The van der Waals surface area contributed by atoms with E-state index in [1.807, 2.05) is 13.0 Å². The molecule has 0 atom stereocenters. The molecular formula is C28H34ClN7O. The second-order valence-electron chi connectivity index (χ2n) is 10.3. The zero-order chi connectivity index (χ0) is 25.4. The van der Waals surface area contributed by atoms with E-state index in [2.05, 4.69) is 67.4 Å². The van der Waals surface area contributed by atoms with Crippen LogP contribution in [0.3, 0.4) is 0 Å². The van der Waals surface area contributed by atoms with Crippen LogP contribution in [-0.2, 0) is 6.54 Å². The van der Waals surface area contributed by atoms with Crippen LogP contribution in [0.4, 0.5) is 11.4 Å². The molecule has 2 saturated heterocycles. The normalized spacial score (nSPS) is 18.1. The summed E-state index contributed by atoms with van der Waals surface area (Å²) >= 11 is 6.57. The van der Waals surface area contributed by atoms with Crippen molar-refractivity contribution in [1.82, 2.24) is 24.8 Å². The van der Waals surface area contributed by atoms with Crippen LogP contribution in [0.25, 0.3) is 22.6 Å². The average Bonchev–Trinajstić information content (AvgIpc) is 3.54. The van der Waals surface area contributed by atoms with Crippen LogP contribution in [0.5, 0.6) is 0 Å². The Hall–Kier alpha value is -3.07. The molecule has 194 valence electrons. The predicted octanol–water partition coefficient (Wildman–Crippen LogP) is 5.01. The second-order valence-corrected chi connectivity index (χ2v) is 10.7. The number of piperazine rings is 1. The van der Waals surface area contributed by atoms with Gasteiger partial charge in [0, 0.05) is 43.5 Å². The molecule has 0 aliphatic carbocycles. The molecule has 0 amide bonds. The molecule has 1 aromatic carbocycles. The number of aromatic amines is 1. The van der Waals surface area contributed by atoms with Gasteiger partial charge in [0.05, 0.1) is 23.5 Å². The number of halogens is 1. The monoisotopic (exact) mass is 519 g/mol. The van der Waals surface area contributed by atoms with Crippen molar-refractivity contribution in [1.29, 1.82) is 0 Å². The summed E-state index contributed by atoms with van der Waals surface area (Å²) < 4.78 is 5.75. The highest BCUT2D eigenvalue weighted by Crippen LogP contribution is 2.32. The number of piperidine rings is 1. The molecule has 2 aliphatic rings. The number of imidazole rings is 1. The zero-order valence-electron chi connectivity index (χ0n) is 21.5. The van der Waals surface area contributed by atoms with Crippen molar-refractivity contribution >= 4 is 34.1 Å². The van der Waals surface area contributed by atoms with E-state index in [1.54, 1.807) is 6.20 Å². The van der Waals surface area contributed by atoms with Gasteiger partial charge in [-0.1, -0.05) is 11.6 Å². The lowest BCUT2D eigenvalue weighted by Crippen LogP contribution is -2.45. The minimum Gasteiger partial charge on any atom is -0.465 e. The van der Waals surface area contributed by atoms with Crippen LogP contribution < -0.4 is 10.2 Å². The highest BCUT2D eigenvalue weighted by atomic mass is 35.5. The smallest absolute Gasteiger partial charge is 0.159 e. The maximum absolute atomic E-state index is 6.57. The number of anilines is 2. The molecular weight excluding hydrogens is 486 g/mol. The van der Waals surface area contributed by atoms with Gasteiger partial charge < -0.3 is 24.5 Å². The molecule has 9 heteroatoms. The fourth-order valence-electron chi connectivity index (χ4n) is 5.35. The molecule has 37 heavy (non-hydrogen) atoms. The van der Waals surface area contributed by atoms with E-state index in [-0.39, 0.29) is 0 Å². The van der Waals surface area contributed by atoms with Crippen molar-refractivity contribution in [2.45, 2.75) is 32.4 Å². The number of hydrogen-bond acceptors (Lipinski definition) is 7. The first-order valence-corrected chi connectivity index (χ1v) is 13.5. The number of benzene rings is 1. The third-order valence-corrected chi connectivity index (χ3v) is 7.87. The Labute approximate surface area is 222 Å². The van der Waals surface area contributed by atoms with Crippen LogP contribution in [0, 0.1) is 6.92 Å². The third kappa shape index (κ3) is 5.32. The Morgan fingerprint density at radius 1 is 1.03 bits per heavy atom. The maximum Gasteiger partial charge on any atom is 0.159 e. The minimum absolute atomic E-state index is 0.391. The molecule has 2 fully saturated rings. The number of nitrogens with zero attached hydrogens (tertiary/aromatic N) is 5. The Kier molecular flexibility index (Phi) is 6.80. The zero-order valence-corrected chi connectivity index (χ0v) is 22.3. The molecule has 0 spiro atoms. The van der Waals surface area contributed by atoms with Crippen molar-refractivity contribution in [2.75, 3.05) is 56.5 Å². The fraction of sp³-hybridized carbons (Fsp3) is 0.429. The maximum atomic E-state index is 6.57. The van der Waals surface area contributed by atoms with Crippen molar-refractivity contribution in [3.8, 4) is 11.4 Å². The number of likely N-dealkylation sites (tertiary alicyclic amines) is 1. The van der Waals surface area contributed by atoms with Crippen molar-refractivity contribution < 1.29 is 4.42 Å². The van der Waals surface area contributed by atoms with E-state index < -0.39 is 0 Å². The first kappa shape index (κ1) is 24.3. The van der Waals surface area contributed by atoms with Gasteiger partial charge in [0.2, 0.25) is 0 Å². The highest BCUT2D eigenvalue weighted by Gasteiger charge is 2.21. The summed E-state index contributed by atoms with van der Waals surface area (Å²) in [6.45, 7) is 9.07. The molecule has 2 aliphatic heterocycles. The molecule has 0 saturated carbocycles. The summed E-state index contributed by atoms with van der Waals surface area (Å²) in [5, 5.41) is 4.26. The van der Waals surface area contributed by atoms with E-state index in [9.17, 15) is 0 Å². The van der Waals surface area contributed by atoms with E-state index in [4.69, 9.17) is 21.0 Å². The van der Waals surface area contributed by atoms with Gasteiger partial charge in [-0.15, -0.1) is 0 Å². The third-order valence-electron chi connectivity index (χ3n) is 7.59. The van der Waals surface area contributed by atoms with E-state index in [0.717, 1.165) is 98.4 Å². The largest absolute Gasteiger partial charge is 0.465 e. The molecule has 5 heterocycles. The lowest BCUT2D eigenvalue weighted by Gasteiger charge is -2.35. The highest BCUT2D eigenvalue weighted by molar-refractivity contribution is 6.34. The molecule has 0 bridgehead atoms. The Balaban J connectivity index is 1.13. The number of hydrogen-bond donors (Lipinski definition) is 2. The summed E-state index contributed by atoms with van der Waals surface area (Å²) in [6.07, 6.45) is 3.89. The average molecular weight is 520 g/mol. The molecule has 3 aromatic heterocycles. The van der Waals surface area contributed by atoms with E-state index >= 15 is 0 Å². The Bertz CT molecular complexity index is 1350. The molecule has 4 aromatic rings. The topological polar surface area (TPSA) is 76.5 Å². The van der Waals surface area contributed by atoms with E-state index in [1.165, 1.54) is 5.69 Å². The van der Waals surface area contributed by atoms with Gasteiger partial charge in [0.25, 0.3) is 0 Å². The first-order chi connectivity index (χ1) is 18.0. The van der Waals surface area contributed by atoms with Gasteiger partial charge in [-0.3, -0.25) is 4.90 Å². The first-order valence-electron chi connectivity index (χ1n) is 13.1. The lowest BCUT2D eigenvalue weighted by atomic mass is 10.1. The number of rotatable bonds is 6. The molecule has 2 N–H and O–H groups in total. The second kappa shape index (κ2) is 10.4. The fourth-order valence-corrected chi connectivity index (χ4v) is 5.54. The molecule has 6 rings (SSSR count). The Morgan fingerprint density at radius 3 is 2.49 bits per heavy atom. The summed E-state index contributed by atoms with van der Waals surface area (Å²) in [6, 6.07) is 13.1. The Morgan fingerprint density at radius 2 is 1.78 bits per heavy atom. The van der Waals surface area contributed by atoms with Gasteiger partial charge in [0.1, 0.15) is 22.9 Å². The summed E-state index contributed by atoms with van der Waals surface area (Å²) in [5.41, 5.74) is 4.70. The van der Waals surface area contributed by atoms with Crippen molar-refractivity contribution in [3.63, 3.8) is 0 Å². The lowest BCUT2D eigenvalue weighted by molar-refractivity contribution is 0.229. The van der Waals surface area contributed by atoms with Gasteiger partial charge in [-0.05, 0) is 76.3 Å². The number of fused-ring (bicyclic) bond motifs is 1. The number of pyridine rings is 1. The minimum atomic E-state index is 0.391. The van der Waals surface area contributed by atoms with Crippen molar-refractivity contribution in [2.24, 2.45) is 0 Å². The van der Waals surface area contributed by atoms with Crippen molar-refractivity contribution in [3.05, 3.63) is 59.1 Å². The van der Waals surface area contributed by atoms with Gasteiger partial charge in [-0.25, -0.2) is 9.97 Å². The summed E-state index contributed by atoms with van der Waals surface area (Å²) in [4.78, 5) is 20.1. The number of aryl methyl sites for hydroxylation is 1. The number of nitrogens with one attached hydrogen (secondary N) is 2. The van der Waals surface area contributed by atoms with Gasteiger partial charge in [0.15, 0.2) is 5.65 Å². The van der Waals surface area contributed by atoms with Crippen LogP contribution in [0.1, 0.15) is 24.4 Å². The van der Waals surface area contributed by atoms with E-state index in [0.29, 0.717) is 11.1 Å². The number of H-pyrrole nitrogens is 1. The SMILES string of the molecule is Cc1ccc(CN2CCN(c3ccc(-c4nc5c(NC6CCN(C)CC6)c(Cl)cnc5[nH]4)cc3)CC2)o1. The van der Waals surface area contributed by atoms with Crippen LogP contribution in [0.15, 0.2) is 47.0 Å². The van der Waals surface area contributed by atoms with Gasteiger partial charge >= 0.3 is 0 Å². The quantitative estimate of drug-likeness (QED) is 0.371. The van der Waals surface area contributed by atoms with Crippen LogP contribution in [-0.4, -0.2) is 77.1 Å². The molecule has 0 unspecified atom stereocenters. The van der Waals surface area contributed by atoms with Crippen LogP contribution >= 0.6 is 11.6 Å².